The molecule has 17 heavy (non-hydrogen) atoms. The lowest BCUT2D eigenvalue weighted by Gasteiger charge is -2.22. The van der Waals surface area contributed by atoms with Crippen molar-refractivity contribution in [3.05, 3.63) is 0 Å². The number of hydrogen-bond acceptors (Lipinski definition) is 2. The first kappa shape index (κ1) is 14.1. The van der Waals surface area contributed by atoms with Crippen LogP contribution in [0.25, 0.3) is 0 Å². The predicted molar refractivity (Wildman–Crippen MR) is 70.5 cm³/mol. The molecule has 0 aromatic rings. The lowest BCUT2D eigenvalue weighted by atomic mass is 9.94. The second-order valence-corrected chi connectivity index (χ2v) is 4.76. The number of carbonyl (C=O) groups excluding carboxylic acids is 1. The van der Waals surface area contributed by atoms with Crippen molar-refractivity contribution in [3.8, 4) is 12.3 Å². The average Bonchev–Trinajstić information content (AvgIpc) is 2.37. The topological polar surface area (TPSA) is 41.1 Å². The lowest BCUT2D eigenvalue weighted by molar-refractivity contribution is -0.121. The van der Waals surface area contributed by atoms with Gasteiger partial charge in [0.25, 0.3) is 0 Å². The zero-order valence-electron chi connectivity index (χ0n) is 10.6. The van der Waals surface area contributed by atoms with Gasteiger partial charge in [0, 0.05) is 19.4 Å². The molecule has 2 N–H and O–H groups in total. The van der Waals surface area contributed by atoms with E-state index in [0.29, 0.717) is 12.3 Å². The Morgan fingerprint density at radius 1 is 1.47 bits per heavy atom. The summed E-state index contributed by atoms with van der Waals surface area (Å²) in [5, 5.41) is 6.33. The van der Waals surface area contributed by atoms with Crippen molar-refractivity contribution in [2.75, 3.05) is 19.6 Å². The third-order valence-electron chi connectivity index (χ3n) is 3.25. The number of hydrogen-bond donors (Lipinski definition) is 2. The summed E-state index contributed by atoms with van der Waals surface area (Å²) in [5.41, 5.74) is 0. The van der Waals surface area contributed by atoms with Gasteiger partial charge < -0.3 is 10.6 Å². The van der Waals surface area contributed by atoms with Gasteiger partial charge in [-0.15, -0.1) is 12.3 Å². The van der Waals surface area contributed by atoms with E-state index in [1.807, 2.05) is 0 Å². The van der Waals surface area contributed by atoms with E-state index in [0.717, 1.165) is 45.3 Å². The van der Waals surface area contributed by atoms with Gasteiger partial charge in [0.1, 0.15) is 0 Å². The third kappa shape index (κ3) is 7.01. The SMILES string of the molecule is C#CCCCCNC(=O)CCC1CCCNC1. The van der Waals surface area contributed by atoms with E-state index in [4.69, 9.17) is 6.42 Å². The molecule has 3 heteroatoms. The molecule has 1 heterocycles. The Kier molecular flexibility index (Phi) is 7.49. The summed E-state index contributed by atoms with van der Waals surface area (Å²) in [6.07, 6.45) is 12.2. The molecule has 3 nitrogen and oxygen atoms in total. The zero-order valence-corrected chi connectivity index (χ0v) is 10.6. The van der Waals surface area contributed by atoms with Crippen LogP contribution in [0, 0.1) is 18.3 Å². The summed E-state index contributed by atoms with van der Waals surface area (Å²) in [6, 6.07) is 0. The molecule has 1 aliphatic heterocycles. The van der Waals surface area contributed by atoms with Gasteiger partial charge in [-0.2, -0.15) is 0 Å². The maximum atomic E-state index is 11.5. The van der Waals surface area contributed by atoms with Crippen LogP contribution in [0.3, 0.4) is 0 Å². The first-order valence-electron chi connectivity index (χ1n) is 6.74. The number of piperidine rings is 1. The van der Waals surface area contributed by atoms with E-state index in [1.54, 1.807) is 0 Å². The Morgan fingerprint density at radius 2 is 2.35 bits per heavy atom. The van der Waals surface area contributed by atoms with Crippen molar-refractivity contribution in [1.82, 2.24) is 10.6 Å². The van der Waals surface area contributed by atoms with Crippen LogP contribution in [0.15, 0.2) is 0 Å². The van der Waals surface area contributed by atoms with E-state index in [-0.39, 0.29) is 5.91 Å². The lowest BCUT2D eigenvalue weighted by Crippen LogP contribution is -2.31. The van der Waals surface area contributed by atoms with Gasteiger partial charge in [-0.3, -0.25) is 4.79 Å². The second-order valence-electron chi connectivity index (χ2n) is 4.76. The summed E-state index contributed by atoms with van der Waals surface area (Å²) in [6.45, 7) is 2.98. The van der Waals surface area contributed by atoms with Gasteiger partial charge in [-0.05, 0) is 51.1 Å². The Labute approximate surface area is 105 Å². The van der Waals surface area contributed by atoms with Gasteiger partial charge in [0.2, 0.25) is 5.91 Å². The van der Waals surface area contributed by atoms with Crippen LogP contribution >= 0.6 is 0 Å². The molecule has 0 spiro atoms. The molecule has 1 rings (SSSR count). The predicted octanol–water partition coefficient (Wildman–Crippen LogP) is 1.69. The standard InChI is InChI=1S/C14H24N2O/c1-2-3-4-5-11-16-14(17)9-8-13-7-6-10-15-12-13/h1,13,15H,3-12H2,(H,16,17). The van der Waals surface area contributed by atoms with Gasteiger partial charge in [-0.1, -0.05) is 0 Å². The van der Waals surface area contributed by atoms with Crippen molar-refractivity contribution in [2.24, 2.45) is 5.92 Å². The molecule has 1 aliphatic rings. The number of amides is 1. The second kappa shape index (κ2) is 9.07. The summed E-state index contributed by atoms with van der Waals surface area (Å²) >= 11 is 0. The minimum atomic E-state index is 0.191. The van der Waals surface area contributed by atoms with Crippen LogP contribution in [0.2, 0.25) is 0 Å². The summed E-state index contributed by atoms with van der Waals surface area (Å²) in [7, 11) is 0. The Balaban J connectivity index is 1.95. The molecule has 0 aromatic carbocycles. The molecule has 1 saturated heterocycles. The van der Waals surface area contributed by atoms with Gasteiger partial charge in [0.15, 0.2) is 0 Å². The number of carbonyl (C=O) groups is 1. The van der Waals surface area contributed by atoms with Crippen LogP contribution in [-0.4, -0.2) is 25.5 Å². The minimum absolute atomic E-state index is 0.191. The number of nitrogens with one attached hydrogen (secondary N) is 2. The van der Waals surface area contributed by atoms with E-state index in [1.165, 1.54) is 12.8 Å². The van der Waals surface area contributed by atoms with E-state index in [2.05, 4.69) is 16.6 Å². The molecular weight excluding hydrogens is 212 g/mol. The van der Waals surface area contributed by atoms with Crippen molar-refractivity contribution < 1.29 is 4.79 Å². The molecule has 1 amide bonds. The molecule has 0 radical (unpaired) electrons. The van der Waals surface area contributed by atoms with Crippen LogP contribution in [0.5, 0.6) is 0 Å². The Hall–Kier alpha value is -1.01. The molecule has 1 atom stereocenters. The molecule has 0 aromatic heterocycles. The highest BCUT2D eigenvalue weighted by Gasteiger charge is 2.13. The highest BCUT2D eigenvalue weighted by Crippen LogP contribution is 2.15. The maximum absolute atomic E-state index is 11.5. The minimum Gasteiger partial charge on any atom is -0.356 e. The van der Waals surface area contributed by atoms with E-state index in [9.17, 15) is 4.79 Å². The zero-order chi connectivity index (χ0) is 12.3. The molecule has 1 fully saturated rings. The fourth-order valence-corrected chi connectivity index (χ4v) is 2.17. The quantitative estimate of drug-likeness (QED) is 0.521. The largest absolute Gasteiger partial charge is 0.356 e. The molecule has 0 aliphatic carbocycles. The molecule has 0 saturated carbocycles. The molecule has 96 valence electrons. The van der Waals surface area contributed by atoms with E-state index >= 15 is 0 Å². The highest BCUT2D eigenvalue weighted by molar-refractivity contribution is 5.75. The number of terminal acetylenes is 1. The Morgan fingerprint density at radius 3 is 3.06 bits per heavy atom. The average molecular weight is 236 g/mol. The summed E-state index contributed by atoms with van der Waals surface area (Å²) in [5.74, 6) is 3.49. The van der Waals surface area contributed by atoms with Crippen molar-refractivity contribution in [3.63, 3.8) is 0 Å². The molecule has 0 bridgehead atoms. The van der Waals surface area contributed by atoms with Gasteiger partial charge >= 0.3 is 0 Å². The van der Waals surface area contributed by atoms with Crippen LogP contribution in [0.1, 0.15) is 44.9 Å². The monoisotopic (exact) mass is 236 g/mol. The van der Waals surface area contributed by atoms with Gasteiger partial charge in [0.05, 0.1) is 0 Å². The van der Waals surface area contributed by atoms with Gasteiger partial charge in [-0.25, -0.2) is 0 Å². The van der Waals surface area contributed by atoms with Crippen molar-refractivity contribution in [1.29, 1.82) is 0 Å². The number of unbranched alkanes of at least 4 members (excludes halogenated alkanes) is 2. The van der Waals surface area contributed by atoms with Crippen LogP contribution in [-0.2, 0) is 4.79 Å². The van der Waals surface area contributed by atoms with Crippen LogP contribution < -0.4 is 10.6 Å². The Bertz CT molecular complexity index is 251. The van der Waals surface area contributed by atoms with Crippen molar-refractivity contribution in [2.45, 2.75) is 44.9 Å². The van der Waals surface area contributed by atoms with E-state index < -0.39 is 0 Å². The fourth-order valence-electron chi connectivity index (χ4n) is 2.17. The summed E-state index contributed by atoms with van der Waals surface area (Å²) < 4.78 is 0. The van der Waals surface area contributed by atoms with Crippen LogP contribution in [0.4, 0.5) is 0 Å². The first-order chi connectivity index (χ1) is 8.33. The highest BCUT2D eigenvalue weighted by atomic mass is 16.1. The third-order valence-corrected chi connectivity index (χ3v) is 3.25. The van der Waals surface area contributed by atoms with Crippen molar-refractivity contribution >= 4 is 5.91 Å². The molecular formula is C14H24N2O. The number of rotatable bonds is 7. The fraction of sp³-hybridized carbons (Fsp3) is 0.786. The molecule has 1 unspecified atom stereocenters. The smallest absolute Gasteiger partial charge is 0.220 e. The normalized spacial score (nSPS) is 19.6. The maximum Gasteiger partial charge on any atom is 0.220 e. The summed E-state index contributed by atoms with van der Waals surface area (Å²) in [4.78, 5) is 11.5. The first-order valence-corrected chi connectivity index (χ1v) is 6.74.